The van der Waals surface area contributed by atoms with Gasteiger partial charge in [0, 0.05) is 6.92 Å². The van der Waals surface area contributed by atoms with Crippen molar-refractivity contribution >= 4 is 17.6 Å². The third-order valence-corrected chi connectivity index (χ3v) is 3.67. The van der Waals surface area contributed by atoms with Crippen molar-refractivity contribution in [2.24, 2.45) is 0 Å². The van der Waals surface area contributed by atoms with Crippen LogP contribution in [0.25, 0.3) is 0 Å². The second-order valence-electron chi connectivity index (χ2n) is 5.29. The lowest BCUT2D eigenvalue weighted by atomic mass is 10.0. The van der Waals surface area contributed by atoms with E-state index in [-0.39, 0.29) is 11.3 Å². The summed E-state index contributed by atoms with van der Waals surface area (Å²) in [5, 5.41) is 0.0729. The second-order valence-corrected chi connectivity index (χ2v) is 5.82. The van der Waals surface area contributed by atoms with Crippen LogP contribution in [0.4, 0.5) is 0 Å². The first kappa shape index (κ1) is 19.0. The summed E-state index contributed by atoms with van der Waals surface area (Å²) in [5.74, 6) is -0.238. The number of esters is 1. The second kappa shape index (κ2) is 10.7. The Hall–Kier alpha value is -1.02. The molecule has 0 fully saturated rings. The van der Waals surface area contributed by atoms with Crippen LogP contribution in [0.5, 0.6) is 0 Å². The van der Waals surface area contributed by atoms with Crippen molar-refractivity contribution < 1.29 is 9.53 Å². The third kappa shape index (κ3) is 10.9. The van der Waals surface area contributed by atoms with Crippen LogP contribution in [-0.4, -0.2) is 18.0 Å². The molecule has 0 spiro atoms. The molecule has 0 aromatic carbocycles. The molecule has 1 unspecified atom stereocenters. The molecule has 0 saturated carbocycles. The van der Waals surface area contributed by atoms with Crippen molar-refractivity contribution in [3.05, 3.63) is 35.5 Å². The van der Waals surface area contributed by atoms with Crippen LogP contribution in [0.1, 0.15) is 53.4 Å². The highest BCUT2D eigenvalue weighted by Gasteiger charge is 2.04. The number of halogens is 1. The molecule has 0 aromatic heterocycles. The molecule has 0 aliphatic heterocycles. The fourth-order valence-electron chi connectivity index (χ4n) is 1.65. The zero-order chi connectivity index (χ0) is 15.5. The molecule has 1 atom stereocenters. The van der Waals surface area contributed by atoms with E-state index in [1.165, 1.54) is 18.1 Å². The van der Waals surface area contributed by atoms with E-state index in [0.717, 1.165) is 31.3 Å². The summed E-state index contributed by atoms with van der Waals surface area (Å²) in [7, 11) is 0. The molecule has 0 aromatic rings. The first-order chi connectivity index (χ1) is 9.32. The van der Waals surface area contributed by atoms with Gasteiger partial charge in [0.25, 0.3) is 0 Å². The first-order valence-corrected chi connectivity index (χ1v) is 7.50. The van der Waals surface area contributed by atoms with Crippen LogP contribution in [0.3, 0.4) is 0 Å². The Bertz CT molecular complexity index is 380. The molecule has 0 heterocycles. The molecule has 3 heteroatoms. The van der Waals surface area contributed by atoms with E-state index >= 15 is 0 Å². The lowest BCUT2D eigenvalue weighted by Crippen LogP contribution is -1.99. The molecule has 0 N–H and O–H groups in total. The predicted molar refractivity (Wildman–Crippen MR) is 87.1 cm³/mol. The molecular weight excluding hydrogens is 272 g/mol. The number of hydrogen-bond donors (Lipinski definition) is 0. The molecule has 0 aliphatic rings. The van der Waals surface area contributed by atoms with E-state index in [1.807, 2.05) is 13.0 Å². The number of ether oxygens (including phenoxy) is 1. The van der Waals surface area contributed by atoms with Crippen LogP contribution in [-0.2, 0) is 9.53 Å². The molecule has 0 rings (SSSR count). The Kier molecular flexibility index (Phi) is 10.2. The lowest BCUT2D eigenvalue weighted by molar-refractivity contribution is -0.139. The minimum Gasteiger partial charge on any atom is -0.462 e. The Morgan fingerprint density at radius 1 is 1.15 bits per heavy atom. The molecule has 0 aliphatic carbocycles. The minimum atomic E-state index is -0.238. The van der Waals surface area contributed by atoms with Gasteiger partial charge in [-0.2, -0.15) is 0 Å². The Balaban J connectivity index is 3.92. The van der Waals surface area contributed by atoms with Gasteiger partial charge in [-0.1, -0.05) is 29.4 Å². The SMILES string of the molecule is C=C(C)C(Cl)CC/C(C)=C/CC/C(C)=C/COC(C)=O. The fraction of sp³-hybridized carbons (Fsp3) is 0.588. The number of carbonyl (C=O) groups excluding carboxylic acids is 1. The summed E-state index contributed by atoms with van der Waals surface area (Å²) in [6.45, 7) is 11.8. The zero-order valence-electron chi connectivity index (χ0n) is 13.2. The van der Waals surface area contributed by atoms with Gasteiger partial charge in [-0.3, -0.25) is 4.79 Å². The average molecular weight is 299 g/mol. The highest BCUT2D eigenvalue weighted by atomic mass is 35.5. The first-order valence-electron chi connectivity index (χ1n) is 7.07. The maximum absolute atomic E-state index is 10.6. The Morgan fingerprint density at radius 2 is 1.75 bits per heavy atom. The van der Waals surface area contributed by atoms with E-state index in [0.29, 0.717) is 6.61 Å². The lowest BCUT2D eigenvalue weighted by Gasteiger charge is -2.08. The van der Waals surface area contributed by atoms with Gasteiger partial charge < -0.3 is 4.74 Å². The highest BCUT2D eigenvalue weighted by molar-refractivity contribution is 6.22. The van der Waals surface area contributed by atoms with Crippen molar-refractivity contribution in [1.29, 1.82) is 0 Å². The van der Waals surface area contributed by atoms with E-state index in [2.05, 4.69) is 26.5 Å². The normalized spacial score (nSPS) is 14.1. The third-order valence-electron chi connectivity index (χ3n) is 3.08. The molecule has 0 radical (unpaired) electrons. The quantitative estimate of drug-likeness (QED) is 0.333. The summed E-state index contributed by atoms with van der Waals surface area (Å²) >= 11 is 6.15. The number of alkyl halides is 1. The predicted octanol–water partition coefficient (Wildman–Crippen LogP) is 5.19. The molecule has 2 nitrogen and oxygen atoms in total. The van der Waals surface area contributed by atoms with Gasteiger partial charge in [0.2, 0.25) is 0 Å². The smallest absolute Gasteiger partial charge is 0.302 e. The van der Waals surface area contributed by atoms with Gasteiger partial charge in [0.05, 0.1) is 5.38 Å². The van der Waals surface area contributed by atoms with Crippen LogP contribution < -0.4 is 0 Å². The van der Waals surface area contributed by atoms with E-state index in [4.69, 9.17) is 16.3 Å². The van der Waals surface area contributed by atoms with Crippen molar-refractivity contribution in [2.75, 3.05) is 6.61 Å². The monoisotopic (exact) mass is 298 g/mol. The Morgan fingerprint density at radius 3 is 2.30 bits per heavy atom. The van der Waals surface area contributed by atoms with E-state index < -0.39 is 0 Å². The topological polar surface area (TPSA) is 26.3 Å². The number of hydrogen-bond acceptors (Lipinski definition) is 2. The van der Waals surface area contributed by atoms with Gasteiger partial charge in [0.1, 0.15) is 6.61 Å². The standard InChI is InChI=1S/C17H27ClO2/c1-13(2)17(18)10-9-14(3)7-6-8-15(4)11-12-20-16(5)19/h7,11,17H,1,6,8-10,12H2,2-5H3/b14-7+,15-11+. The van der Waals surface area contributed by atoms with Crippen LogP contribution in [0, 0.1) is 0 Å². The number of rotatable bonds is 9. The molecule has 0 amide bonds. The fourth-order valence-corrected chi connectivity index (χ4v) is 1.76. The summed E-state index contributed by atoms with van der Waals surface area (Å²) < 4.78 is 4.87. The maximum atomic E-state index is 10.6. The molecule has 20 heavy (non-hydrogen) atoms. The minimum absolute atomic E-state index is 0.0729. The van der Waals surface area contributed by atoms with E-state index in [9.17, 15) is 4.79 Å². The summed E-state index contributed by atoms with van der Waals surface area (Å²) in [5.41, 5.74) is 3.64. The van der Waals surface area contributed by atoms with Crippen molar-refractivity contribution in [3.8, 4) is 0 Å². The summed E-state index contributed by atoms with van der Waals surface area (Å²) in [6.07, 6.45) is 8.17. The van der Waals surface area contributed by atoms with Crippen LogP contribution in [0.2, 0.25) is 0 Å². The molecule has 0 saturated heterocycles. The Labute approximate surface area is 128 Å². The van der Waals surface area contributed by atoms with Gasteiger partial charge >= 0.3 is 5.97 Å². The molecule has 0 bridgehead atoms. The van der Waals surface area contributed by atoms with Gasteiger partial charge in [-0.05, 0) is 52.5 Å². The van der Waals surface area contributed by atoms with Crippen LogP contribution >= 0.6 is 11.6 Å². The largest absolute Gasteiger partial charge is 0.462 e. The number of carbonyl (C=O) groups is 1. The molecular formula is C17H27ClO2. The zero-order valence-corrected chi connectivity index (χ0v) is 13.9. The van der Waals surface area contributed by atoms with E-state index in [1.54, 1.807) is 0 Å². The van der Waals surface area contributed by atoms with Gasteiger partial charge in [0.15, 0.2) is 0 Å². The van der Waals surface area contributed by atoms with Gasteiger partial charge in [-0.15, -0.1) is 11.6 Å². The maximum Gasteiger partial charge on any atom is 0.302 e. The number of allylic oxidation sites excluding steroid dienone is 4. The highest BCUT2D eigenvalue weighted by Crippen LogP contribution is 2.17. The van der Waals surface area contributed by atoms with Crippen molar-refractivity contribution in [2.45, 2.75) is 58.8 Å². The van der Waals surface area contributed by atoms with Gasteiger partial charge in [-0.25, -0.2) is 0 Å². The van der Waals surface area contributed by atoms with Crippen molar-refractivity contribution in [1.82, 2.24) is 0 Å². The van der Waals surface area contributed by atoms with Crippen LogP contribution in [0.15, 0.2) is 35.5 Å². The average Bonchev–Trinajstić information content (AvgIpc) is 2.35. The molecule has 114 valence electrons. The van der Waals surface area contributed by atoms with Crippen molar-refractivity contribution in [3.63, 3.8) is 0 Å². The summed E-state index contributed by atoms with van der Waals surface area (Å²) in [6, 6.07) is 0. The summed E-state index contributed by atoms with van der Waals surface area (Å²) in [4.78, 5) is 10.6.